The maximum Gasteiger partial charge on any atom is 0.500 e. The first-order valence-electron chi connectivity index (χ1n) is 5.14. The Labute approximate surface area is 110 Å². The van der Waals surface area contributed by atoms with E-state index in [1.807, 2.05) is 27.7 Å². The lowest BCUT2D eigenvalue weighted by Gasteiger charge is -2.26. The van der Waals surface area contributed by atoms with Crippen LogP contribution in [0.4, 0.5) is 0 Å². The standard InChI is InChI=1S/C8H20O3Si.Cl2OS/c1-5-9-12(8-4,10-6-2)11-7-3;1-4(2)3/h5-8H2,1-4H3;. The van der Waals surface area contributed by atoms with E-state index in [2.05, 4.69) is 21.4 Å². The van der Waals surface area contributed by atoms with Gasteiger partial charge in [-0.05, 0) is 20.8 Å². The Bertz CT molecular complexity index is 164. The molecule has 0 aliphatic heterocycles. The van der Waals surface area contributed by atoms with Crippen molar-refractivity contribution in [2.45, 2.75) is 33.7 Å². The van der Waals surface area contributed by atoms with Crippen LogP contribution in [0.3, 0.4) is 0 Å². The molecule has 0 radical (unpaired) electrons. The molecule has 0 aliphatic rings. The van der Waals surface area contributed by atoms with Gasteiger partial charge >= 0.3 is 8.80 Å². The van der Waals surface area contributed by atoms with Crippen LogP contribution in [0.5, 0.6) is 0 Å². The zero-order chi connectivity index (χ0) is 13.0. The van der Waals surface area contributed by atoms with E-state index in [9.17, 15) is 0 Å². The highest BCUT2D eigenvalue weighted by Gasteiger charge is 2.37. The summed E-state index contributed by atoms with van der Waals surface area (Å²) in [4.78, 5) is 0. The van der Waals surface area contributed by atoms with Gasteiger partial charge in [0.2, 0.25) is 9.23 Å². The van der Waals surface area contributed by atoms with Gasteiger partial charge in [0.1, 0.15) is 0 Å². The third-order valence-electron chi connectivity index (χ3n) is 1.53. The molecule has 0 aromatic carbocycles. The Morgan fingerprint density at radius 1 is 0.938 bits per heavy atom. The summed E-state index contributed by atoms with van der Waals surface area (Å²) in [6.45, 7) is 9.95. The third kappa shape index (κ3) is 11.3. The molecule has 4 nitrogen and oxygen atoms in total. The van der Waals surface area contributed by atoms with Gasteiger partial charge in [-0.2, -0.15) is 0 Å². The maximum absolute atomic E-state index is 9.09. The van der Waals surface area contributed by atoms with Crippen LogP contribution in [0.15, 0.2) is 0 Å². The van der Waals surface area contributed by atoms with Gasteiger partial charge in [0, 0.05) is 47.2 Å². The van der Waals surface area contributed by atoms with Crippen molar-refractivity contribution in [2.24, 2.45) is 0 Å². The van der Waals surface area contributed by atoms with E-state index >= 15 is 0 Å². The molecule has 0 spiro atoms. The molecule has 0 rings (SSSR count). The van der Waals surface area contributed by atoms with E-state index in [0.29, 0.717) is 19.8 Å². The third-order valence-corrected chi connectivity index (χ3v) is 4.58. The molecule has 0 aromatic rings. The number of hydrogen-bond acceptors (Lipinski definition) is 4. The van der Waals surface area contributed by atoms with Crippen molar-refractivity contribution < 1.29 is 17.5 Å². The molecule has 0 aromatic heterocycles. The molecule has 100 valence electrons. The van der Waals surface area contributed by atoms with Crippen LogP contribution in [0.25, 0.3) is 0 Å². The molecule has 0 bridgehead atoms. The molecule has 16 heavy (non-hydrogen) atoms. The summed E-state index contributed by atoms with van der Waals surface area (Å²) in [5, 5.41) is 0. The predicted molar refractivity (Wildman–Crippen MR) is 71.0 cm³/mol. The van der Waals surface area contributed by atoms with E-state index in [-0.39, 0.29) is 0 Å². The number of rotatable bonds is 7. The Hall–Kier alpha value is 0.827. The minimum Gasteiger partial charge on any atom is -0.374 e. The highest BCUT2D eigenvalue weighted by Crippen LogP contribution is 2.14. The Morgan fingerprint density at radius 3 is 1.31 bits per heavy atom. The van der Waals surface area contributed by atoms with Crippen molar-refractivity contribution in [3.05, 3.63) is 0 Å². The van der Waals surface area contributed by atoms with E-state index in [0.717, 1.165) is 6.04 Å². The summed E-state index contributed by atoms with van der Waals surface area (Å²) in [6.07, 6.45) is 0. The summed E-state index contributed by atoms with van der Waals surface area (Å²) < 4.78 is 25.7. The highest BCUT2D eigenvalue weighted by molar-refractivity contribution is 8.26. The van der Waals surface area contributed by atoms with Gasteiger partial charge in [-0.25, -0.2) is 4.21 Å². The summed E-state index contributed by atoms with van der Waals surface area (Å²) in [5.74, 6) is 0. The van der Waals surface area contributed by atoms with Crippen LogP contribution < -0.4 is 0 Å². The second kappa shape index (κ2) is 12.3. The average molecular weight is 311 g/mol. The van der Waals surface area contributed by atoms with Gasteiger partial charge in [0.15, 0.2) is 0 Å². The first-order valence-corrected chi connectivity index (χ1v) is 9.87. The van der Waals surface area contributed by atoms with E-state index < -0.39 is 18.0 Å². The first-order chi connectivity index (χ1) is 7.47. The predicted octanol–water partition coefficient (Wildman–Crippen LogP) is 3.10. The molecule has 0 saturated heterocycles. The second-order valence-electron chi connectivity index (χ2n) is 2.52. The van der Waals surface area contributed by atoms with Gasteiger partial charge in [-0.3, -0.25) is 0 Å². The summed E-state index contributed by atoms with van der Waals surface area (Å²) in [7, 11) is 5.09. The van der Waals surface area contributed by atoms with Gasteiger partial charge in [0.05, 0.1) is 0 Å². The van der Waals surface area contributed by atoms with Crippen molar-refractivity contribution in [1.29, 1.82) is 0 Å². The van der Waals surface area contributed by atoms with Gasteiger partial charge in [-0.15, -0.1) is 0 Å². The van der Waals surface area contributed by atoms with Crippen LogP contribution >= 0.6 is 21.4 Å². The van der Waals surface area contributed by atoms with Crippen LogP contribution in [-0.2, 0) is 22.5 Å². The molecule has 0 amide bonds. The largest absolute Gasteiger partial charge is 0.500 e. The summed E-state index contributed by atoms with van der Waals surface area (Å²) in [6, 6.07) is 0.850. The Balaban J connectivity index is 0. The molecule has 0 fully saturated rings. The second-order valence-corrected chi connectivity index (χ2v) is 7.98. The van der Waals surface area contributed by atoms with Crippen molar-refractivity contribution in [2.75, 3.05) is 19.8 Å². The van der Waals surface area contributed by atoms with E-state index in [1.54, 1.807) is 0 Å². The zero-order valence-electron chi connectivity index (χ0n) is 10.1. The maximum atomic E-state index is 9.09. The van der Waals surface area contributed by atoms with E-state index in [1.165, 1.54) is 0 Å². The van der Waals surface area contributed by atoms with Gasteiger partial charge < -0.3 is 13.3 Å². The zero-order valence-corrected chi connectivity index (χ0v) is 13.5. The molecule has 0 aliphatic carbocycles. The normalized spacial score (nSPS) is 11.2. The molecule has 8 heteroatoms. The molecule has 0 atom stereocenters. The van der Waals surface area contributed by atoms with Crippen molar-refractivity contribution in [1.82, 2.24) is 0 Å². The Morgan fingerprint density at radius 2 is 1.19 bits per heavy atom. The van der Waals surface area contributed by atoms with Gasteiger partial charge in [0.25, 0.3) is 0 Å². The smallest absolute Gasteiger partial charge is 0.374 e. The molecule has 0 heterocycles. The van der Waals surface area contributed by atoms with Crippen molar-refractivity contribution >= 4 is 39.4 Å². The highest BCUT2D eigenvalue weighted by atomic mass is 36.0. The van der Waals surface area contributed by atoms with Crippen molar-refractivity contribution in [3.63, 3.8) is 0 Å². The van der Waals surface area contributed by atoms with E-state index in [4.69, 9.17) is 17.5 Å². The molecular weight excluding hydrogens is 291 g/mol. The van der Waals surface area contributed by atoms with Crippen LogP contribution in [-0.4, -0.2) is 32.8 Å². The quantitative estimate of drug-likeness (QED) is 0.535. The van der Waals surface area contributed by atoms with Crippen LogP contribution in [0.2, 0.25) is 6.04 Å². The minimum absolute atomic E-state index is 0.667. The molecule has 0 saturated carbocycles. The van der Waals surface area contributed by atoms with Crippen molar-refractivity contribution in [3.8, 4) is 0 Å². The lowest BCUT2D eigenvalue weighted by atomic mass is 10.9. The monoisotopic (exact) mass is 310 g/mol. The lowest BCUT2D eigenvalue weighted by Crippen LogP contribution is -2.45. The molecule has 0 N–H and O–H groups in total. The fourth-order valence-electron chi connectivity index (χ4n) is 1.09. The molecule has 0 unspecified atom stereocenters. The fourth-order valence-corrected chi connectivity index (χ4v) is 3.27. The number of hydrogen-bond donors (Lipinski definition) is 0. The van der Waals surface area contributed by atoms with Crippen LogP contribution in [0, 0.1) is 0 Å². The SMILES string of the molecule is CCO[Si](CC)(OCC)OCC.O=S(Cl)Cl. The summed E-state index contributed by atoms with van der Waals surface area (Å²) in [5.41, 5.74) is 0. The van der Waals surface area contributed by atoms with Crippen LogP contribution in [0.1, 0.15) is 27.7 Å². The summed E-state index contributed by atoms with van der Waals surface area (Å²) >= 11 is 0. The first kappa shape index (κ1) is 19.2. The topological polar surface area (TPSA) is 44.8 Å². The average Bonchev–Trinajstić information content (AvgIpc) is 2.18. The Kier molecular flexibility index (Phi) is 14.7. The fraction of sp³-hybridized carbons (Fsp3) is 1.00. The lowest BCUT2D eigenvalue weighted by molar-refractivity contribution is 0.0725. The molecular formula is C8H20Cl2O4SSi. The van der Waals surface area contributed by atoms with Gasteiger partial charge in [-0.1, -0.05) is 6.92 Å². The number of halogens is 2. The minimum atomic E-state index is -2.27.